The Hall–Kier alpha value is -2.84. The van der Waals surface area contributed by atoms with Gasteiger partial charge in [0.15, 0.2) is 5.82 Å². The first kappa shape index (κ1) is 21.4. The molecule has 1 amide bonds. The standard InChI is InChI=1S/C22H23F4N3O2/c1-13-9-15(31-2)11-16(23)20(13)14-10-19(30)29(12-14)21-17(28-7-3-4-8-28)5-6-18(27-21)22(24,25)26/h5-6,9,11,14H,3-4,7-8,10,12H2,1-2H3/t14-/m0/s1. The van der Waals surface area contributed by atoms with Crippen LogP contribution in [0.2, 0.25) is 0 Å². The zero-order valence-electron chi connectivity index (χ0n) is 17.3. The average Bonchev–Trinajstić information content (AvgIpc) is 3.36. The van der Waals surface area contributed by atoms with Crippen LogP contribution in [-0.2, 0) is 11.0 Å². The summed E-state index contributed by atoms with van der Waals surface area (Å²) in [6.07, 6.45) is -2.78. The quantitative estimate of drug-likeness (QED) is 0.652. The summed E-state index contributed by atoms with van der Waals surface area (Å²) in [5, 5.41) is 0. The molecule has 4 rings (SSSR count). The first-order valence-electron chi connectivity index (χ1n) is 10.2. The molecule has 0 spiro atoms. The summed E-state index contributed by atoms with van der Waals surface area (Å²) >= 11 is 0. The van der Waals surface area contributed by atoms with Crippen LogP contribution in [0.15, 0.2) is 24.3 Å². The van der Waals surface area contributed by atoms with Gasteiger partial charge in [-0.3, -0.25) is 9.69 Å². The predicted octanol–water partition coefficient (Wildman–Crippen LogP) is 4.68. The van der Waals surface area contributed by atoms with Gasteiger partial charge in [0.1, 0.15) is 17.3 Å². The maximum Gasteiger partial charge on any atom is 0.433 e. The highest BCUT2D eigenvalue weighted by atomic mass is 19.4. The van der Waals surface area contributed by atoms with Crippen LogP contribution in [0, 0.1) is 12.7 Å². The van der Waals surface area contributed by atoms with Crippen molar-refractivity contribution in [3.05, 3.63) is 46.9 Å². The second-order valence-corrected chi connectivity index (χ2v) is 7.98. The molecule has 2 aliphatic rings. The molecule has 5 nitrogen and oxygen atoms in total. The van der Waals surface area contributed by atoms with E-state index in [0.29, 0.717) is 35.7 Å². The number of anilines is 2. The number of halogens is 4. The van der Waals surface area contributed by atoms with Crippen LogP contribution in [0.5, 0.6) is 5.75 Å². The number of carbonyl (C=O) groups is 1. The molecule has 0 unspecified atom stereocenters. The van der Waals surface area contributed by atoms with Gasteiger partial charge < -0.3 is 9.64 Å². The fourth-order valence-corrected chi connectivity index (χ4v) is 4.47. The van der Waals surface area contributed by atoms with Crippen molar-refractivity contribution in [1.29, 1.82) is 0 Å². The summed E-state index contributed by atoms with van der Waals surface area (Å²) < 4.78 is 59.9. The fraction of sp³-hybridized carbons (Fsp3) is 0.455. The topological polar surface area (TPSA) is 45.7 Å². The number of nitrogens with zero attached hydrogens (tertiary/aromatic N) is 3. The van der Waals surface area contributed by atoms with E-state index in [4.69, 9.17) is 4.74 Å². The highest BCUT2D eigenvalue weighted by Gasteiger charge is 2.39. The second kappa shape index (κ2) is 8.01. The Labute approximate surface area is 177 Å². The maximum atomic E-state index is 14.8. The molecular weight excluding hydrogens is 414 g/mol. The maximum absolute atomic E-state index is 14.8. The molecule has 2 fully saturated rings. The summed E-state index contributed by atoms with van der Waals surface area (Å²) in [5.41, 5.74) is 0.472. The molecule has 31 heavy (non-hydrogen) atoms. The number of methoxy groups -OCH3 is 1. The molecule has 1 aromatic carbocycles. The Balaban J connectivity index is 1.72. The van der Waals surface area contributed by atoms with Crippen LogP contribution in [0.1, 0.15) is 42.0 Å². The highest BCUT2D eigenvalue weighted by Crippen LogP contribution is 2.41. The van der Waals surface area contributed by atoms with Crippen LogP contribution in [-0.4, -0.2) is 37.6 Å². The zero-order chi connectivity index (χ0) is 22.3. The third kappa shape index (κ3) is 4.05. The number of hydrogen-bond donors (Lipinski definition) is 0. The van der Waals surface area contributed by atoms with Gasteiger partial charge in [0.25, 0.3) is 0 Å². The first-order chi connectivity index (χ1) is 14.7. The summed E-state index contributed by atoms with van der Waals surface area (Å²) in [5.74, 6) is -0.979. The van der Waals surface area contributed by atoms with Gasteiger partial charge in [0.05, 0.1) is 12.8 Å². The summed E-state index contributed by atoms with van der Waals surface area (Å²) in [7, 11) is 1.44. The van der Waals surface area contributed by atoms with Gasteiger partial charge >= 0.3 is 6.18 Å². The van der Waals surface area contributed by atoms with Crippen molar-refractivity contribution in [2.75, 3.05) is 36.5 Å². The molecular formula is C22H23F4N3O2. The van der Waals surface area contributed by atoms with Crippen LogP contribution < -0.4 is 14.5 Å². The van der Waals surface area contributed by atoms with Crippen molar-refractivity contribution >= 4 is 17.4 Å². The Kier molecular flexibility index (Phi) is 5.53. The third-order valence-corrected chi connectivity index (χ3v) is 5.93. The molecule has 3 heterocycles. The monoisotopic (exact) mass is 437 g/mol. The van der Waals surface area contributed by atoms with Crippen LogP contribution >= 0.6 is 0 Å². The molecule has 0 bridgehead atoms. The van der Waals surface area contributed by atoms with E-state index < -0.39 is 23.6 Å². The van der Waals surface area contributed by atoms with Gasteiger partial charge in [-0.25, -0.2) is 9.37 Å². The smallest absolute Gasteiger partial charge is 0.433 e. The van der Waals surface area contributed by atoms with Crippen molar-refractivity contribution in [2.24, 2.45) is 0 Å². The Morgan fingerprint density at radius 2 is 1.87 bits per heavy atom. The second-order valence-electron chi connectivity index (χ2n) is 7.98. The number of carbonyl (C=O) groups excluding carboxylic acids is 1. The van der Waals surface area contributed by atoms with Crippen molar-refractivity contribution in [3.8, 4) is 5.75 Å². The minimum absolute atomic E-state index is 0.00144. The number of benzene rings is 1. The van der Waals surface area contributed by atoms with E-state index in [-0.39, 0.29) is 24.7 Å². The Morgan fingerprint density at radius 1 is 1.16 bits per heavy atom. The lowest BCUT2D eigenvalue weighted by molar-refractivity contribution is -0.141. The van der Waals surface area contributed by atoms with Crippen molar-refractivity contribution in [1.82, 2.24) is 4.98 Å². The first-order valence-corrected chi connectivity index (χ1v) is 10.2. The number of alkyl halides is 3. The third-order valence-electron chi connectivity index (χ3n) is 5.93. The van der Waals surface area contributed by atoms with Crippen molar-refractivity contribution < 1.29 is 27.1 Å². The van der Waals surface area contributed by atoms with E-state index in [1.165, 1.54) is 24.1 Å². The Morgan fingerprint density at radius 3 is 2.48 bits per heavy atom. The van der Waals surface area contributed by atoms with E-state index in [2.05, 4.69) is 4.98 Å². The van der Waals surface area contributed by atoms with Gasteiger partial charge in [0.2, 0.25) is 5.91 Å². The van der Waals surface area contributed by atoms with Gasteiger partial charge in [-0.2, -0.15) is 13.2 Å². The summed E-state index contributed by atoms with van der Waals surface area (Å²) in [6.45, 7) is 3.18. The minimum Gasteiger partial charge on any atom is -0.497 e. The number of aromatic nitrogens is 1. The van der Waals surface area contributed by atoms with Crippen LogP contribution in [0.4, 0.5) is 29.1 Å². The van der Waals surface area contributed by atoms with Gasteiger partial charge in [-0.05, 0) is 49.1 Å². The van der Waals surface area contributed by atoms with E-state index in [0.717, 1.165) is 18.9 Å². The molecule has 2 aromatic rings. The molecule has 166 valence electrons. The fourth-order valence-electron chi connectivity index (χ4n) is 4.47. The lowest BCUT2D eigenvalue weighted by Crippen LogP contribution is -2.30. The predicted molar refractivity (Wildman–Crippen MR) is 108 cm³/mol. The van der Waals surface area contributed by atoms with Crippen LogP contribution in [0.25, 0.3) is 0 Å². The van der Waals surface area contributed by atoms with Crippen LogP contribution in [0.3, 0.4) is 0 Å². The largest absolute Gasteiger partial charge is 0.497 e. The molecule has 2 saturated heterocycles. The molecule has 0 N–H and O–H groups in total. The average molecular weight is 437 g/mol. The number of aryl methyl sites for hydroxylation is 1. The van der Waals surface area contributed by atoms with Gasteiger partial charge in [-0.1, -0.05) is 0 Å². The summed E-state index contributed by atoms with van der Waals surface area (Å²) in [4.78, 5) is 19.9. The number of pyridine rings is 1. The lowest BCUT2D eigenvalue weighted by Gasteiger charge is -2.26. The number of ether oxygens (including phenoxy) is 1. The Bertz CT molecular complexity index is 980. The van der Waals surface area contributed by atoms with Gasteiger partial charge in [0, 0.05) is 38.0 Å². The van der Waals surface area contributed by atoms with E-state index in [9.17, 15) is 22.4 Å². The minimum atomic E-state index is -4.63. The van der Waals surface area contributed by atoms with Crippen molar-refractivity contribution in [2.45, 2.75) is 38.3 Å². The molecule has 1 atom stereocenters. The zero-order valence-corrected chi connectivity index (χ0v) is 17.3. The molecule has 0 saturated carbocycles. The number of hydrogen-bond acceptors (Lipinski definition) is 4. The van der Waals surface area contributed by atoms with E-state index >= 15 is 0 Å². The number of amides is 1. The van der Waals surface area contributed by atoms with E-state index in [1.807, 2.05) is 4.90 Å². The molecule has 0 radical (unpaired) electrons. The van der Waals surface area contributed by atoms with E-state index in [1.54, 1.807) is 13.0 Å². The SMILES string of the molecule is COc1cc(C)c([C@H]2CC(=O)N(c3nc(C(F)(F)F)ccc3N3CCCC3)C2)c(F)c1. The highest BCUT2D eigenvalue weighted by molar-refractivity contribution is 5.98. The van der Waals surface area contributed by atoms with Gasteiger partial charge in [-0.15, -0.1) is 0 Å². The lowest BCUT2D eigenvalue weighted by atomic mass is 9.93. The molecule has 1 aromatic heterocycles. The van der Waals surface area contributed by atoms with Crippen molar-refractivity contribution in [3.63, 3.8) is 0 Å². The summed E-state index contributed by atoms with van der Waals surface area (Å²) in [6, 6.07) is 5.27. The normalized spacial score (nSPS) is 19.4. The number of rotatable bonds is 4. The molecule has 9 heteroatoms. The molecule has 2 aliphatic heterocycles. The molecule has 0 aliphatic carbocycles.